The highest BCUT2D eigenvalue weighted by atomic mass is 32.2. The van der Waals surface area contributed by atoms with E-state index in [1.807, 2.05) is 11.8 Å². The largest absolute Gasteiger partial charge is 0.346 e. The Hall–Kier alpha value is -1.74. The van der Waals surface area contributed by atoms with Crippen molar-refractivity contribution in [1.29, 1.82) is 0 Å². The Morgan fingerprint density at radius 1 is 1.00 bits per heavy atom. The van der Waals surface area contributed by atoms with E-state index in [1.54, 1.807) is 0 Å². The molecule has 0 saturated carbocycles. The van der Waals surface area contributed by atoms with Crippen LogP contribution in [-0.4, -0.2) is 22.4 Å². The van der Waals surface area contributed by atoms with Crippen LogP contribution in [0.1, 0.15) is 24.5 Å². The second kappa shape index (κ2) is 7.50. The Balaban J connectivity index is 1.71. The Morgan fingerprint density at radius 2 is 1.77 bits per heavy atom. The summed E-state index contributed by atoms with van der Waals surface area (Å²) in [6, 6.07) is 19.3. The SMILES string of the molecule is CCCc1ccc(N=C2SCCN2Cc2ccccc2)cc1. The predicted molar refractivity (Wildman–Crippen MR) is 96.8 cm³/mol. The molecule has 1 heterocycles. The van der Waals surface area contributed by atoms with Crippen molar-refractivity contribution >= 4 is 22.6 Å². The minimum absolute atomic E-state index is 0.945. The number of aryl methyl sites for hydroxylation is 1. The molecular formula is C19H22N2S. The van der Waals surface area contributed by atoms with Gasteiger partial charge in [-0.05, 0) is 29.7 Å². The van der Waals surface area contributed by atoms with E-state index in [0.29, 0.717) is 0 Å². The van der Waals surface area contributed by atoms with Gasteiger partial charge in [-0.25, -0.2) is 4.99 Å². The molecule has 2 aromatic carbocycles. The maximum absolute atomic E-state index is 4.84. The van der Waals surface area contributed by atoms with Crippen LogP contribution in [0.2, 0.25) is 0 Å². The number of amidine groups is 1. The van der Waals surface area contributed by atoms with Crippen LogP contribution in [0.4, 0.5) is 5.69 Å². The number of hydrogen-bond donors (Lipinski definition) is 0. The highest BCUT2D eigenvalue weighted by Gasteiger charge is 2.19. The van der Waals surface area contributed by atoms with Crippen LogP contribution in [0.5, 0.6) is 0 Å². The van der Waals surface area contributed by atoms with Gasteiger partial charge in [0, 0.05) is 18.8 Å². The fraction of sp³-hybridized carbons (Fsp3) is 0.316. The van der Waals surface area contributed by atoms with Crippen LogP contribution in [0, 0.1) is 0 Å². The van der Waals surface area contributed by atoms with E-state index in [4.69, 9.17) is 4.99 Å². The number of hydrogen-bond acceptors (Lipinski definition) is 2. The van der Waals surface area contributed by atoms with Crippen LogP contribution < -0.4 is 0 Å². The van der Waals surface area contributed by atoms with Crippen LogP contribution in [-0.2, 0) is 13.0 Å². The summed E-state index contributed by atoms with van der Waals surface area (Å²) >= 11 is 1.85. The van der Waals surface area contributed by atoms with Crippen LogP contribution >= 0.6 is 11.8 Å². The Kier molecular flexibility index (Phi) is 5.17. The summed E-state index contributed by atoms with van der Waals surface area (Å²) in [5, 5.41) is 1.15. The molecule has 0 aromatic heterocycles. The Morgan fingerprint density at radius 3 is 2.50 bits per heavy atom. The fourth-order valence-electron chi connectivity index (χ4n) is 2.62. The van der Waals surface area contributed by atoms with Gasteiger partial charge in [0.1, 0.15) is 0 Å². The van der Waals surface area contributed by atoms with E-state index in [2.05, 4.69) is 66.4 Å². The molecule has 22 heavy (non-hydrogen) atoms. The molecule has 0 unspecified atom stereocenters. The summed E-state index contributed by atoms with van der Waals surface area (Å²) in [5.41, 5.74) is 3.80. The Bertz CT molecular complexity index is 620. The molecule has 3 rings (SSSR count). The summed E-state index contributed by atoms with van der Waals surface area (Å²) in [6.45, 7) is 4.23. The summed E-state index contributed by atoms with van der Waals surface area (Å²) in [5.74, 6) is 1.12. The lowest BCUT2D eigenvalue weighted by atomic mass is 10.1. The molecule has 3 heteroatoms. The molecule has 1 fully saturated rings. The van der Waals surface area contributed by atoms with E-state index in [0.717, 1.165) is 36.1 Å². The van der Waals surface area contributed by atoms with Crippen molar-refractivity contribution in [2.75, 3.05) is 12.3 Å². The van der Waals surface area contributed by atoms with E-state index in [-0.39, 0.29) is 0 Å². The van der Waals surface area contributed by atoms with Gasteiger partial charge in [0.25, 0.3) is 0 Å². The summed E-state index contributed by atoms with van der Waals surface area (Å²) in [4.78, 5) is 7.22. The molecule has 0 spiro atoms. The first-order chi connectivity index (χ1) is 10.8. The molecule has 1 aliphatic rings. The number of thioether (sulfide) groups is 1. The topological polar surface area (TPSA) is 15.6 Å². The molecule has 0 atom stereocenters. The van der Waals surface area contributed by atoms with Gasteiger partial charge < -0.3 is 4.90 Å². The minimum Gasteiger partial charge on any atom is -0.346 e. The number of rotatable bonds is 5. The maximum Gasteiger partial charge on any atom is 0.164 e. The number of nitrogens with zero attached hydrogens (tertiary/aromatic N) is 2. The second-order valence-electron chi connectivity index (χ2n) is 5.57. The standard InChI is InChI=1S/C19H22N2S/c1-2-6-16-9-11-18(12-10-16)20-19-21(13-14-22-19)15-17-7-4-3-5-8-17/h3-5,7-12H,2,6,13-15H2,1H3. The predicted octanol–water partition coefficient (Wildman–Crippen LogP) is 4.88. The van der Waals surface area contributed by atoms with Gasteiger partial charge in [-0.3, -0.25) is 0 Å². The lowest BCUT2D eigenvalue weighted by Crippen LogP contribution is -2.23. The lowest BCUT2D eigenvalue weighted by Gasteiger charge is -2.17. The zero-order valence-corrected chi connectivity index (χ0v) is 13.9. The van der Waals surface area contributed by atoms with Gasteiger partial charge in [-0.1, -0.05) is 67.6 Å². The van der Waals surface area contributed by atoms with Gasteiger partial charge in [0.15, 0.2) is 5.17 Å². The molecule has 0 bridgehead atoms. The average Bonchev–Trinajstić information content (AvgIpc) is 2.97. The summed E-state index contributed by atoms with van der Waals surface area (Å²) in [6.07, 6.45) is 2.33. The number of benzene rings is 2. The van der Waals surface area contributed by atoms with Crippen molar-refractivity contribution in [1.82, 2.24) is 4.90 Å². The number of aliphatic imine (C=N–C) groups is 1. The quantitative estimate of drug-likeness (QED) is 0.782. The average molecular weight is 310 g/mol. The van der Waals surface area contributed by atoms with Crippen molar-refractivity contribution in [2.24, 2.45) is 4.99 Å². The molecule has 0 amide bonds. The van der Waals surface area contributed by atoms with Crippen molar-refractivity contribution in [3.05, 3.63) is 65.7 Å². The molecular weight excluding hydrogens is 288 g/mol. The third-order valence-corrected chi connectivity index (χ3v) is 4.77. The minimum atomic E-state index is 0.945. The van der Waals surface area contributed by atoms with Crippen LogP contribution in [0.15, 0.2) is 59.6 Å². The van der Waals surface area contributed by atoms with Crippen LogP contribution in [0.3, 0.4) is 0 Å². The van der Waals surface area contributed by atoms with Gasteiger partial charge in [0.05, 0.1) is 5.69 Å². The van der Waals surface area contributed by atoms with Crippen LogP contribution in [0.25, 0.3) is 0 Å². The van der Waals surface area contributed by atoms with E-state index >= 15 is 0 Å². The molecule has 1 aliphatic heterocycles. The normalized spacial score (nSPS) is 16.4. The van der Waals surface area contributed by atoms with Gasteiger partial charge in [0.2, 0.25) is 0 Å². The first-order valence-electron chi connectivity index (χ1n) is 7.94. The van der Waals surface area contributed by atoms with Crippen molar-refractivity contribution in [3.63, 3.8) is 0 Å². The van der Waals surface area contributed by atoms with E-state index in [9.17, 15) is 0 Å². The third kappa shape index (κ3) is 3.92. The molecule has 0 aliphatic carbocycles. The van der Waals surface area contributed by atoms with E-state index < -0.39 is 0 Å². The van der Waals surface area contributed by atoms with E-state index in [1.165, 1.54) is 17.5 Å². The maximum atomic E-state index is 4.84. The lowest BCUT2D eigenvalue weighted by molar-refractivity contribution is 0.457. The first kappa shape index (κ1) is 15.2. The third-order valence-electron chi connectivity index (χ3n) is 3.78. The zero-order chi connectivity index (χ0) is 15.2. The van der Waals surface area contributed by atoms with Crippen molar-refractivity contribution in [2.45, 2.75) is 26.3 Å². The molecule has 1 saturated heterocycles. The molecule has 114 valence electrons. The highest BCUT2D eigenvalue weighted by Crippen LogP contribution is 2.24. The Labute approximate surface area is 137 Å². The van der Waals surface area contributed by atoms with Crippen molar-refractivity contribution < 1.29 is 0 Å². The summed E-state index contributed by atoms with van der Waals surface area (Å²) < 4.78 is 0. The van der Waals surface area contributed by atoms with Gasteiger partial charge in [-0.15, -0.1) is 0 Å². The highest BCUT2D eigenvalue weighted by molar-refractivity contribution is 8.14. The smallest absolute Gasteiger partial charge is 0.164 e. The van der Waals surface area contributed by atoms with Gasteiger partial charge in [-0.2, -0.15) is 0 Å². The van der Waals surface area contributed by atoms with Gasteiger partial charge >= 0.3 is 0 Å². The second-order valence-corrected chi connectivity index (χ2v) is 6.63. The summed E-state index contributed by atoms with van der Waals surface area (Å²) in [7, 11) is 0. The zero-order valence-electron chi connectivity index (χ0n) is 13.0. The van der Waals surface area contributed by atoms with Crippen molar-refractivity contribution in [3.8, 4) is 0 Å². The molecule has 0 N–H and O–H groups in total. The first-order valence-corrected chi connectivity index (χ1v) is 8.93. The molecule has 2 nitrogen and oxygen atoms in total. The fourth-order valence-corrected chi connectivity index (χ4v) is 3.63. The molecule has 0 radical (unpaired) electrons. The molecule has 2 aromatic rings. The monoisotopic (exact) mass is 310 g/mol.